The normalized spacial score (nSPS) is 11.1. The molecule has 3 aromatic rings. The number of rotatable bonds is 10. The second-order valence-electron chi connectivity index (χ2n) is 6.71. The van der Waals surface area contributed by atoms with Crippen molar-refractivity contribution in [2.75, 3.05) is 19.0 Å². The second-order valence-corrected chi connectivity index (χ2v) is 8.82. The Morgan fingerprint density at radius 1 is 0.839 bits per heavy atom. The number of carbonyl (C=O) groups is 1. The fraction of sp³-hybridized carbons (Fsp3) is 0.174. The van der Waals surface area contributed by atoms with Crippen LogP contribution in [0.15, 0.2) is 77.7 Å². The van der Waals surface area contributed by atoms with Crippen LogP contribution in [0.2, 0.25) is 0 Å². The molecule has 31 heavy (non-hydrogen) atoms. The number of ether oxygens (including phenoxy) is 2. The standard InChI is InChI=1S/C23H22O7S/c24-22-16-19(8-11-21(22)23(25)26)30-14-15-31(27,28)20-9-6-18(7-10-20)29-13-12-17-4-2-1-3-5-17/h1-11,16,24H,12-15H2,(H,25,26). The summed E-state index contributed by atoms with van der Waals surface area (Å²) in [4.78, 5) is 11.0. The van der Waals surface area contributed by atoms with Crippen molar-refractivity contribution in [1.29, 1.82) is 0 Å². The zero-order chi connectivity index (χ0) is 22.3. The molecule has 0 aliphatic heterocycles. The highest BCUT2D eigenvalue weighted by Gasteiger charge is 2.16. The average molecular weight is 442 g/mol. The van der Waals surface area contributed by atoms with Crippen LogP contribution in [0.4, 0.5) is 0 Å². The molecule has 0 radical (unpaired) electrons. The maximum Gasteiger partial charge on any atom is 0.339 e. The molecule has 3 rings (SSSR count). The van der Waals surface area contributed by atoms with Crippen molar-refractivity contribution in [3.05, 3.63) is 83.9 Å². The summed E-state index contributed by atoms with van der Waals surface area (Å²) in [5.41, 5.74) is 0.902. The summed E-state index contributed by atoms with van der Waals surface area (Å²) >= 11 is 0. The van der Waals surface area contributed by atoms with Crippen LogP contribution in [-0.2, 0) is 16.3 Å². The Bertz CT molecular complexity index is 1120. The summed E-state index contributed by atoms with van der Waals surface area (Å²) in [7, 11) is -3.58. The van der Waals surface area contributed by atoms with E-state index in [1.54, 1.807) is 12.1 Å². The van der Waals surface area contributed by atoms with E-state index in [-0.39, 0.29) is 28.6 Å². The third kappa shape index (κ3) is 6.23. The van der Waals surface area contributed by atoms with Crippen LogP contribution in [-0.4, -0.2) is 43.6 Å². The molecule has 162 valence electrons. The lowest BCUT2D eigenvalue weighted by Crippen LogP contribution is -2.14. The zero-order valence-corrected chi connectivity index (χ0v) is 17.4. The van der Waals surface area contributed by atoms with E-state index in [9.17, 15) is 18.3 Å². The molecule has 0 saturated carbocycles. The first-order valence-corrected chi connectivity index (χ1v) is 11.2. The summed E-state index contributed by atoms with van der Waals surface area (Å²) < 4.78 is 36.0. The molecular weight excluding hydrogens is 420 g/mol. The minimum absolute atomic E-state index is 0.149. The van der Waals surface area contributed by atoms with Crippen molar-refractivity contribution in [2.45, 2.75) is 11.3 Å². The van der Waals surface area contributed by atoms with E-state index in [1.807, 2.05) is 30.3 Å². The summed E-state index contributed by atoms with van der Waals surface area (Å²) in [5.74, 6) is -1.22. The molecule has 0 aliphatic rings. The lowest BCUT2D eigenvalue weighted by atomic mass is 10.2. The summed E-state index contributed by atoms with van der Waals surface area (Å²) in [5, 5.41) is 18.6. The number of hydrogen-bond donors (Lipinski definition) is 2. The van der Waals surface area contributed by atoms with E-state index >= 15 is 0 Å². The quantitative estimate of drug-likeness (QED) is 0.494. The molecule has 0 heterocycles. The molecule has 0 amide bonds. The third-order valence-corrected chi connectivity index (χ3v) is 6.20. The van der Waals surface area contributed by atoms with Crippen molar-refractivity contribution in [2.24, 2.45) is 0 Å². The summed E-state index contributed by atoms with van der Waals surface area (Å²) in [6.45, 7) is 0.334. The van der Waals surface area contributed by atoms with Gasteiger partial charge >= 0.3 is 5.97 Å². The SMILES string of the molecule is O=C(O)c1ccc(OCCS(=O)(=O)c2ccc(OCCc3ccccc3)cc2)cc1O. The molecule has 0 spiro atoms. The average Bonchev–Trinajstić information content (AvgIpc) is 2.74. The van der Waals surface area contributed by atoms with Gasteiger partial charge in [-0.05, 0) is 42.0 Å². The van der Waals surface area contributed by atoms with E-state index < -0.39 is 21.6 Å². The topological polar surface area (TPSA) is 110 Å². The Kier molecular flexibility index (Phi) is 7.15. The van der Waals surface area contributed by atoms with Crippen LogP contribution < -0.4 is 9.47 Å². The molecule has 0 saturated heterocycles. The van der Waals surface area contributed by atoms with Gasteiger partial charge in [-0.2, -0.15) is 0 Å². The fourth-order valence-corrected chi connectivity index (χ4v) is 3.93. The predicted molar refractivity (Wildman–Crippen MR) is 115 cm³/mol. The number of hydrogen-bond acceptors (Lipinski definition) is 6. The van der Waals surface area contributed by atoms with Crippen molar-refractivity contribution in [3.8, 4) is 17.2 Å². The van der Waals surface area contributed by atoms with E-state index in [0.717, 1.165) is 18.1 Å². The monoisotopic (exact) mass is 442 g/mol. The molecule has 0 atom stereocenters. The van der Waals surface area contributed by atoms with Crippen molar-refractivity contribution >= 4 is 15.8 Å². The van der Waals surface area contributed by atoms with Crippen LogP contribution >= 0.6 is 0 Å². The van der Waals surface area contributed by atoms with E-state index in [1.165, 1.54) is 24.3 Å². The predicted octanol–water partition coefficient (Wildman–Crippen LogP) is 3.56. The number of carboxylic acids is 1. The number of sulfone groups is 1. The van der Waals surface area contributed by atoms with Crippen molar-refractivity contribution < 1.29 is 32.9 Å². The molecule has 2 N–H and O–H groups in total. The first kappa shape index (κ1) is 22.2. The van der Waals surface area contributed by atoms with Gasteiger partial charge in [-0.25, -0.2) is 13.2 Å². The lowest BCUT2D eigenvalue weighted by Gasteiger charge is -2.10. The number of carboxylic acid groups (broad SMARTS) is 1. The van der Waals surface area contributed by atoms with E-state index in [4.69, 9.17) is 14.6 Å². The van der Waals surface area contributed by atoms with Gasteiger partial charge in [-0.1, -0.05) is 30.3 Å². The van der Waals surface area contributed by atoms with Gasteiger partial charge in [0, 0.05) is 12.5 Å². The molecular formula is C23H22O7S. The van der Waals surface area contributed by atoms with Gasteiger partial charge in [-0.15, -0.1) is 0 Å². The van der Waals surface area contributed by atoms with Gasteiger partial charge < -0.3 is 19.7 Å². The van der Waals surface area contributed by atoms with Crippen LogP contribution in [0.5, 0.6) is 17.2 Å². The fourth-order valence-electron chi connectivity index (χ4n) is 2.84. The maximum absolute atomic E-state index is 12.5. The highest BCUT2D eigenvalue weighted by molar-refractivity contribution is 7.91. The second kappa shape index (κ2) is 9.99. The molecule has 3 aromatic carbocycles. The smallest absolute Gasteiger partial charge is 0.339 e. The first-order valence-electron chi connectivity index (χ1n) is 9.54. The number of aromatic hydroxyl groups is 1. The Morgan fingerprint density at radius 3 is 2.13 bits per heavy atom. The Balaban J connectivity index is 1.51. The first-order chi connectivity index (χ1) is 14.8. The molecule has 0 aliphatic carbocycles. The van der Waals surface area contributed by atoms with Gasteiger partial charge in [0.2, 0.25) is 0 Å². The van der Waals surface area contributed by atoms with Gasteiger partial charge in [0.1, 0.15) is 29.4 Å². The van der Waals surface area contributed by atoms with Crippen LogP contribution in [0, 0.1) is 0 Å². The summed E-state index contributed by atoms with van der Waals surface area (Å²) in [6.07, 6.45) is 0.751. The zero-order valence-electron chi connectivity index (χ0n) is 16.6. The molecule has 7 nitrogen and oxygen atoms in total. The lowest BCUT2D eigenvalue weighted by molar-refractivity contribution is 0.0693. The molecule has 0 unspecified atom stereocenters. The Hall–Kier alpha value is -3.52. The van der Waals surface area contributed by atoms with E-state index in [0.29, 0.717) is 12.4 Å². The van der Waals surface area contributed by atoms with Gasteiger partial charge in [0.15, 0.2) is 9.84 Å². The number of aromatic carboxylic acids is 1. The van der Waals surface area contributed by atoms with Crippen LogP contribution in [0.3, 0.4) is 0 Å². The van der Waals surface area contributed by atoms with Gasteiger partial charge in [-0.3, -0.25) is 0 Å². The van der Waals surface area contributed by atoms with E-state index in [2.05, 4.69) is 0 Å². The van der Waals surface area contributed by atoms with Crippen LogP contribution in [0.1, 0.15) is 15.9 Å². The summed E-state index contributed by atoms with van der Waals surface area (Å²) in [6, 6.07) is 19.8. The highest BCUT2D eigenvalue weighted by Crippen LogP contribution is 2.24. The molecule has 0 aromatic heterocycles. The Labute approximate surface area is 180 Å². The maximum atomic E-state index is 12.5. The molecule has 0 fully saturated rings. The minimum atomic E-state index is -3.58. The molecule has 8 heteroatoms. The van der Waals surface area contributed by atoms with Gasteiger partial charge in [0.25, 0.3) is 0 Å². The number of phenols is 1. The molecule has 0 bridgehead atoms. The minimum Gasteiger partial charge on any atom is -0.507 e. The largest absolute Gasteiger partial charge is 0.507 e. The highest BCUT2D eigenvalue weighted by atomic mass is 32.2. The van der Waals surface area contributed by atoms with Crippen molar-refractivity contribution in [1.82, 2.24) is 0 Å². The number of benzene rings is 3. The van der Waals surface area contributed by atoms with Gasteiger partial charge in [0.05, 0.1) is 17.3 Å². The van der Waals surface area contributed by atoms with Crippen molar-refractivity contribution in [3.63, 3.8) is 0 Å². The Morgan fingerprint density at radius 2 is 1.48 bits per heavy atom. The van der Waals surface area contributed by atoms with Crippen LogP contribution in [0.25, 0.3) is 0 Å². The third-order valence-electron chi connectivity index (χ3n) is 4.51.